The van der Waals surface area contributed by atoms with Gasteiger partial charge in [-0.3, -0.25) is 9.69 Å². The highest BCUT2D eigenvalue weighted by atomic mass is 32.1. The van der Waals surface area contributed by atoms with Gasteiger partial charge < -0.3 is 9.30 Å². The van der Waals surface area contributed by atoms with Crippen molar-refractivity contribution >= 4 is 28.3 Å². The van der Waals surface area contributed by atoms with E-state index in [1.807, 2.05) is 4.57 Å². The number of carbonyl (C=O) groups is 1. The molecule has 2 aliphatic rings. The minimum absolute atomic E-state index is 0.0874. The van der Waals surface area contributed by atoms with Gasteiger partial charge in [0.15, 0.2) is 5.82 Å². The minimum atomic E-state index is -0.698. The molecule has 0 unspecified atom stereocenters. The number of halogens is 1. The lowest BCUT2D eigenvalue weighted by molar-refractivity contribution is 0.0524. The van der Waals surface area contributed by atoms with Crippen molar-refractivity contribution in [3.8, 4) is 10.6 Å². The number of hydrogen-bond acceptors (Lipinski definition) is 6. The number of thiophene rings is 1. The third kappa shape index (κ3) is 5.07. The first-order valence-corrected chi connectivity index (χ1v) is 17.3. The van der Waals surface area contributed by atoms with Gasteiger partial charge >= 0.3 is 5.97 Å². The largest absolute Gasteiger partial charge is 0.462 e. The van der Waals surface area contributed by atoms with E-state index in [1.54, 1.807) is 24.5 Å². The molecule has 8 rings (SSSR count). The monoisotopic (exact) mass is 655 g/mol. The molecule has 0 radical (unpaired) electrons. The van der Waals surface area contributed by atoms with Crippen LogP contribution in [-0.4, -0.2) is 33.6 Å². The first-order valence-electron chi connectivity index (χ1n) is 16.4. The maximum absolute atomic E-state index is 16.0. The molecule has 0 atom stereocenters. The Hall–Kier alpha value is -4.92. The smallest absolute Gasteiger partial charge is 0.343 e. The predicted octanol–water partition coefficient (Wildman–Crippen LogP) is 8.13. The van der Waals surface area contributed by atoms with Gasteiger partial charge in [-0.25, -0.2) is 14.2 Å². The van der Waals surface area contributed by atoms with E-state index in [9.17, 15) is 9.59 Å². The standard InChI is InChI=1S/C40H34FN3O3S/c1-2-47-39(46)32-25-44(30-18-19-30)38-31(37(32)45)23-33(41)36(42-38)35-22-26-24-43(21-20-34(26)48-35)40(27-12-6-3-7-13-27,28-14-8-4-9-15-28)29-16-10-5-11-17-29/h3-17,22-23,25,30H,2,18-21,24H2,1H3. The molecule has 0 saturated heterocycles. The minimum Gasteiger partial charge on any atom is -0.462 e. The lowest BCUT2D eigenvalue weighted by atomic mass is 9.74. The highest BCUT2D eigenvalue weighted by molar-refractivity contribution is 7.15. The van der Waals surface area contributed by atoms with Crippen LogP contribution in [-0.2, 0) is 23.2 Å². The SMILES string of the molecule is CCOC(=O)c1cn(C2CC2)c2nc(-c3cc4c(s3)CCN(C(c3ccccc3)(c3ccccc3)c3ccccc3)C4)c(F)cc2c1=O. The molecule has 1 saturated carbocycles. The third-order valence-corrected chi connectivity index (χ3v) is 10.8. The summed E-state index contributed by atoms with van der Waals surface area (Å²) in [6, 6.07) is 35.4. The van der Waals surface area contributed by atoms with Crippen LogP contribution < -0.4 is 5.43 Å². The summed E-state index contributed by atoms with van der Waals surface area (Å²) < 4.78 is 23.0. The van der Waals surface area contributed by atoms with Crippen LogP contribution in [0.1, 0.15) is 63.3 Å². The normalized spacial score (nSPS) is 15.0. The van der Waals surface area contributed by atoms with Crippen molar-refractivity contribution in [1.29, 1.82) is 0 Å². The van der Waals surface area contributed by atoms with Crippen LogP contribution in [0.5, 0.6) is 0 Å². The summed E-state index contributed by atoms with van der Waals surface area (Å²) >= 11 is 1.57. The number of fused-ring (bicyclic) bond motifs is 2. The topological polar surface area (TPSA) is 64.4 Å². The zero-order valence-electron chi connectivity index (χ0n) is 26.6. The molecule has 1 aliphatic carbocycles. The molecule has 1 fully saturated rings. The highest BCUT2D eigenvalue weighted by Crippen LogP contribution is 2.46. The molecule has 1 aliphatic heterocycles. The fraction of sp³-hybridized carbons (Fsp3) is 0.225. The van der Waals surface area contributed by atoms with Gasteiger partial charge in [0.2, 0.25) is 5.43 Å². The number of esters is 1. The highest BCUT2D eigenvalue weighted by Gasteiger charge is 2.43. The Bertz CT molecular complexity index is 2100. The van der Waals surface area contributed by atoms with Gasteiger partial charge in [0.1, 0.15) is 16.9 Å². The lowest BCUT2D eigenvalue weighted by Gasteiger charge is -2.47. The maximum Gasteiger partial charge on any atom is 0.343 e. The Balaban J connectivity index is 1.23. The number of rotatable bonds is 8. The van der Waals surface area contributed by atoms with Crippen molar-refractivity contribution in [2.45, 2.75) is 44.3 Å². The zero-order valence-corrected chi connectivity index (χ0v) is 27.4. The average Bonchev–Trinajstić information content (AvgIpc) is 3.88. The van der Waals surface area contributed by atoms with Crippen LogP contribution in [0.15, 0.2) is 114 Å². The van der Waals surface area contributed by atoms with E-state index < -0.39 is 22.8 Å². The summed E-state index contributed by atoms with van der Waals surface area (Å²) in [5.41, 5.74) is 4.13. The molecule has 3 aromatic carbocycles. The van der Waals surface area contributed by atoms with Crippen LogP contribution in [0.25, 0.3) is 21.6 Å². The van der Waals surface area contributed by atoms with Crippen LogP contribution in [0.3, 0.4) is 0 Å². The number of carbonyl (C=O) groups excluding carboxylic acids is 1. The number of benzene rings is 3. The van der Waals surface area contributed by atoms with Crippen LogP contribution in [0.4, 0.5) is 4.39 Å². The Morgan fingerprint density at radius 1 is 0.938 bits per heavy atom. The summed E-state index contributed by atoms with van der Waals surface area (Å²) in [5.74, 6) is -1.28. The maximum atomic E-state index is 16.0. The fourth-order valence-electron chi connectivity index (χ4n) is 7.23. The van der Waals surface area contributed by atoms with Crippen molar-refractivity contribution < 1.29 is 13.9 Å². The molecule has 0 spiro atoms. The van der Waals surface area contributed by atoms with E-state index in [1.165, 1.54) is 27.6 Å². The predicted molar refractivity (Wildman–Crippen MR) is 187 cm³/mol. The summed E-state index contributed by atoms with van der Waals surface area (Å²) in [4.78, 5) is 35.2. The van der Waals surface area contributed by atoms with Crippen molar-refractivity contribution in [1.82, 2.24) is 14.5 Å². The molecule has 3 aromatic heterocycles. The summed E-state index contributed by atoms with van der Waals surface area (Å²) in [7, 11) is 0. The van der Waals surface area contributed by atoms with Crippen molar-refractivity contribution in [2.24, 2.45) is 0 Å². The van der Waals surface area contributed by atoms with E-state index >= 15 is 4.39 Å². The van der Waals surface area contributed by atoms with E-state index in [0.717, 1.165) is 36.2 Å². The average molecular weight is 656 g/mol. The van der Waals surface area contributed by atoms with Gasteiger partial charge in [0, 0.05) is 30.2 Å². The van der Waals surface area contributed by atoms with Gasteiger partial charge in [-0.1, -0.05) is 91.0 Å². The van der Waals surface area contributed by atoms with Crippen molar-refractivity contribution in [3.05, 3.63) is 158 Å². The van der Waals surface area contributed by atoms with Crippen LogP contribution >= 0.6 is 11.3 Å². The molecule has 0 bridgehead atoms. The molecule has 8 heteroatoms. The van der Waals surface area contributed by atoms with E-state index in [0.29, 0.717) is 12.2 Å². The zero-order chi connectivity index (χ0) is 32.8. The van der Waals surface area contributed by atoms with Gasteiger partial charge in [-0.2, -0.15) is 0 Å². The number of ether oxygens (including phenoxy) is 1. The Morgan fingerprint density at radius 3 is 2.10 bits per heavy atom. The molecule has 4 heterocycles. The quantitative estimate of drug-likeness (QED) is 0.122. The summed E-state index contributed by atoms with van der Waals surface area (Å²) in [5, 5.41) is 0.0968. The van der Waals surface area contributed by atoms with Gasteiger partial charge in [-0.15, -0.1) is 11.3 Å². The second-order valence-corrected chi connectivity index (χ2v) is 13.6. The van der Waals surface area contributed by atoms with E-state index in [4.69, 9.17) is 9.72 Å². The van der Waals surface area contributed by atoms with Crippen LogP contribution in [0, 0.1) is 5.82 Å². The van der Waals surface area contributed by atoms with Crippen molar-refractivity contribution in [2.75, 3.05) is 13.2 Å². The fourth-order valence-corrected chi connectivity index (χ4v) is 8.38. The lowest BCUT2D eigenvalue weighted by Crippen LogP contribution is -2.49. The van der Waals surface area contributed by atoms with E-state index in [2.05, 4.69) is 102 Å². The Kier molecular flexibility index (Phi) is 7.77. The molecule has 6 nitrogen and oxygen atoms in total. The van der Waals surface area contributed by atoms with E-state index in [-0.39, 0.29) is 29.3 Å². The molecule has 6 aromatic rings. The molecule has 0 amide bonds. The van der Waals surface area contributed by atoms with Crippen LogP contribution in [0.2, 0.25) is 0 Å². The number of aromatic nitrogens is 2. The molecular formula is C40H34FN3O3S. The number of hydrogen-bond donors (Lipinski definition) is 0. The Morgan fingerprint density at radius 2 is 1.54 bits per heavy atom. The Labute approximate surface area is 282 Å². The molecule has 0 N–H and O–H groups in total. The molecule has 240 valence electrons. The molecule has 48 heavy (non-hydrogen) atoms. The number of pyridine rings is 2. The third-order valence-electron chi connectivity index (χ3n) is 9.54. The van der Waals surface area contributed by atoms with Gasteiger partial charge in [-0.05, 0) is 60.6 Å². The summed E-state index contributed by atoms with van der Waals surface area (Å²) in [6.45, 7) is 3.30. The first-order chi connectivity index (χ1) is 23.5. The summed E-state index contributed by atoms with van der Waals surface area (Å²) in [6.07, 6.45) is 4.16. The number of nitrogens with zero attached hydrogens (tertiary/aromatic N) is 3. The molecular weight excluding hydrogens is 622 g/mol. The van der Waals surface area contributed by atoms with Gasteiger partial charge in [0.25, 0.3) is 0 Å². The van der Waals surface area contributed by atoms with Crippen molar-refractivity contribution in [3.63, 3.8) is 0 Å². The first kappa shape index (κ1) is 30.4. The second kappa shape index (κ2) is 12.3. The second-order valence-electron chi connectivity index (χ2n) is 12.5. The van der Waals surface area contributed by atoms with Gasteiger partial charge in [0.05, 0.1) is 22.4 Å².